The predicted molar refractivity (Wildman–Crippen MR) is 116 cm³/mol. The van der Waals surface area contributed by atoms with Crippen LogP contribution < -0.4 is 10.6 Å². The van der Waals surface area contributed by atoms with Gasteiger partial charge in [-0.05, 0) is 67.6 Å². The molecule has 0 radical (unpaired) electrons. The Morgan fingerprint density at radius 2 is 1.97 bits per heavy atom. The molecule has 2 N–H and O–H groups in total. The fourth-order valence-electron chi connectivity index (χ4n) is 5.02. The number of fused-ring (bicyclic) bond motifs is 2. The van der Waals surface area contributed by atoms with Gasteiger partial charge in [0.25, 0.3) is 5.91 Å². The van der Waals surface area contributed by atoms with E-state index in [1.54, 1.807) is 11.4 Å². The van der Waals surface area contributed by atoms with Gasteiger partial charge in [0, 0.05) is 33.1 Å². The lowest BCUT2D eigenvalue weighted by Gasteiger charge is -2.29. The molecule has 3 fully saturated rings. The largest absolute Gasteiger partial charge is 0.373 e. The molecule has 0 bridgehead atoms. The number of hydrogen-bond donors (Lipinski definition) is 2. The molecule has 0 aromatic carbocycles. The van der Waals surface area contributed by atoms with Crippen molar-refractivity contribution in [3.8, 4) is 0 Å². The Morgan fingerprint density at radius 1 is 1.23 bits per heavy atom. The van der Waals surface area contributed by atoms with Crippen molar-refractivity contribution in [2.24, 2.45) is 11.8 Å². The average Bonchev–Trinajstić information content (AvgIpc) is 3.64. The summed E-state index contributed by atoms with van der Waals surface area (Å²) in [6.45, 7) is 2.52. The van der Waals surface area contributed by atoms with E-state index in [1.807, 2.05) is 18.0 Å². The second kappa shape index (κ2) is 7.45. The molecule has 30 heavy (non-hydrogen) atoms. The van der Waals surface area contributed by atoms with Crippen LogP contribution in [0.3, 0.4) is 0 Å². The fourth-order valence-corrected chi connectivity index (χ4v) is 5.28. The summed E-state index contributed by atoms with van der Waals surface area (Å²) in [5.41, 5.74) is 2.19. The van der Waals surface area contributed by atoms with E-state index in [0.29, 0.717) is 30.1 Å². The van der Waals surface area contributed by atoms with Crippen molar-refractivity contribution in [3.63, 3.8) is 0 Å². The fraction of sp³-hybridized carbons (Fsp3) is 0.591. The van der Waals surface area contributed by atoms with Gasteiger partial charge in [-0.15, -0.1) is 0 Å². The van der Waals surface area contributed by atoms with Crippen LogP contribution in [0.25, 0.3) is 5.52 Å². The molecular weight excluding hydrogens is 402 g/mol. The number of amides is 2. The molecule has 3 aliphatic carbocycles. The topological polar surface area (TPSA) is 78.7 Å². The second-order valence-corrected chi connectivity index (χ2v) is 9.39. The highest BCUT2D eigenvalue weighted by molar-refractivity contribution is 6.36. The molecule has 0 spiro atoms. The number of halogens is 1. The Kier molecular flexibility index (Phi) is 4.88. The van der Waals surface area contributed by atoms with Gasteiger partial charge in [0.1, 0.15) is 5.82 Å². The Hall–Kier alpha value is -2.28. The highest BCUT2D eigenvalue weighted by atomic mass is 35.5. The molecular formula is C22H28ClN5O2. The van der Waals surface area contributed by atoms with E-state index in [2.05, 4.69) is 21.8 Å². The maximum atomic E-state index is 12.8. The summed E-state index contributed by atoms with van der Waals surface area (Å²) in [4.78, 5) is 26.8. The van der Waals surface area contributed by atoms with Crippen molar-refractivity contribution >= 4 is 34.7 Å². The number of anilines is 1. The van der Waals surface area contributed by atoms with E-state index in [9.17, 15) is 9.59 Å². The monoisotopic (exact) mass is 429 g/mol. The van der Waals surface area contributed by atoms with Crippen LogP contribution in [0.5, 0.6) is 0 Å². The minimum Gasteiger partial charge on any atom is -0.373 e. The zero-order valence-corrected chi connectivity index (χ0v) is 18.2. The first-order valence-electron chi connectivity index (χ1n) is 10.9. The van der Waals surface area contributed by atoms with Gasteiger partial charge in [0.05, 0.1) is 10.5 Å². The standard InChI is InChI=1S/C22H28ClN5O2/c1-12(29)27(17-8-14-7-15(14)9-17)6-5-25-22(30)21-20(23)18-10-16(13-3-4-13)11-19(24-2)28(18)26-21/h10-11,13-15,17,24H,3-9H2,1-2H3,(H,25,30). The van der Waals surface area contributed by atoms with Gasteiger partial charge in [0.2, 0.25) is 5.91 Å². The van der Waals surface area contributed by atoms with Crippen molar-refractivity contribution in [2.75, 3.05) is 25.5 Å². The minimum absolute atomic E-state index is 0.0765. The third kappa shape index (κ3) is 3.53. The summed E-state index contributed by atoms with van der Waals surface area (Å²) in [6, 6.07) is 4.43. The Bertz CT molecular complexity index is 1000. The number of carbonyl (C=O) groups is 2. The van der Waals surface area contributed by atoms with Gasteiger partial charge >= 0.3 is 0 Å². The lowest BCUT2D eigenvalue weighted by Crippen LogP contribution is -2.43. The second-order valence-electron chi connectivity index (χ2n) is 9.01. The van der Waals surface area contributed by atoms with Crippen LogP contribution in [-0.2, 0) is 4.79 Å². The normalized spacial score (nSPS) is 24.6. The van der Waals surface area contributed by atoms with Crippen molar-refractivity contribution in [2.45, 2.75) is 51.0 Å². The first kappa shape index (κ1) is 19.7. The van der Waals surface area contributed by atoms with Crippen molar-refractivity contribution in [1.82, 2.24) is 19.8 Å². The number of aromatic nitrogens is 2. The molecule has 2 aromatic heterocycles. The number of rotatable bonds is 7. The molecule has 2 aromatic rings. The first-order valence-corrected chi connectivity index (χ1v) is 11.3. The van der Waals surface area contributed by atoms with Gasteiger partial charge in [-0.2, -0.15) is 5.10 Å². The SMILES string of the molecule is CNc1cc(C2CC2)cc2c(Cl)c(C(=O)NCCN(C(C)=O)C3CC4CC4C3)nn12. The van der Waals surface area contributed by atoms with Crippen molar-refractivity contribution < 1.29 is 9.59 Å². The number of carbonyl (C=O) groups excluding carboxylic acids is 2. The molecule has 8 heteroatoms. The smallest absolute Gasteiger partial charge is 0.273 e. The molecule has 0 saturated heterocycles. The third-order valence-electron chi connectivity index (χ3n) is 6.92. The number of nitrogens with one attached hydrogen (secondary N) is 2. The van der Waals surface area contributed by atoms with E-state index >= 15 is 0 Å². The van der Waals surface area contributed by atoms with Crippen LogP contribution in [0.4, 0.5) is 5.82 Å². The molecule has 0 aliphatic heterocycles. The molecule has 5 rings (SSSR count). The summed E-state index contributed by atoms with van der Waals surface area (Å²) in [7, 11) is 1.84. The van der Waals surface area contributed by atoms with Gasteiger partial charge in [0.15, 0.2) is 5.69 Å². The van der Waals surface area contributed by atoms with Crippen LogP contribution in [0.2, 0.25) is 5.02 Å². The molecule has 3 aliphatic rings. The number of nitrogens with zero attached hydrogens (tertiary/aromatic N) is 3. The molecule has 2 heterocycles. The van der Waals surface area contributed by atoms with Gasteiger partial charge in [-0.3, -0.25) is 9.59 Å². The predicted octanol–water partition coefficient (Wildman–Crippen LogP) is 3.28. The van der Waals surface area contributed by atoms with Gasteiger partial charge in [-0.25, -0.2) is 4.52 Å². The summed E-state index contributed by atoms with van der Waals surface area (Å²) < 4.78 is 1.69. The van der Waals surface area contributed by atoms with Crippen LogP contribution in [0.1, 0.15) is 61.0 Å². The van der Waals surface area contributed by atoms with Crippen LogP contribution in [0, 0.1) is 11.8 Å². The Balaban J connectivity index is 1.28. The number of hydrogen-bond acceptors (Lipinski definition) is 4. The van der Waals surface area contributed by atoms with Gasteiger partial charge in [-0.1, -0.05) is 11.6 Å². The molecule has 2 unspecified atom stereocenters. The molecule has 2 atom stereocenters. The maximum absolute atomic E-state index is 12.8. The third-order valence-corrected chi connectivity index (χ3v) is 7.29. The highest BCUT2D eigenvalue weighted by Gasteiger charge is 2.47. The highest BCUT2D eigenvalue weighted by Crippen LogP contribution is 2.53. The lowest BCUT2D eigenvalue weighted by molar-refractivity contribution is -0.131. The molecule has 2 amide bonds. The minimum atomic E-state index is -0.309. The quantitative estimate of drug-likeness (QED) is 0.707. The van der Waals surface area contributed by atoms with E-state index in [1.165, 1.54) is 24.8 Å². The lowest BCUT2D eigenvalue weighted by atomic mass is 10.1. The molecule has 7 nitrogen and oxygen atoms in total. The molecule has 3 saturated carbocycles. The summed E-state index contributed by atoms with van der Waals surface area (Å²) in [6.07, 6.45) is 5.91. The Morgan fingerprint density at radius 3 is 2.60 bits per heavy atom. The summed E-state index contributed by atoms with van der Waals surface area (Å²) in [5.74, 6) is 2.78. The van der Waals surface area contributed by atoms with Crippen molar-refractivity contribution in [3.05, 3.63) is 28.4 Å². The van der Waals surface area contributed by atoms with Crippen molar-refractivity contribution in [1.29, 1.82) is 0 Å². The van der Waals surface area contributed by atoms with E-state index in [4.69, 9.17) is 11.6 Å². The van der Waals surface area contributed by atoms with Crippen LogP contribution in [-0.4, -0.2) is 52.5 Å². The zero-order valence-electron chi connectivity index (χ0n) is 17.4. The molecule has 160 valence electrons. The Labute approximate surface area is 181 Å². The number of pyridine rings is 1. The first-order chi connectivity index (χ1) is 14.5. The van der Waals surface area contributed by atoms with E-state index in [-0.39, 0.29) is 17.5 Å². The maximum Gasteiger partial charge on any atom is 0.273 e. The summed E-state index contributed by atoms with van der Waals surface area (Å²) in [5, 5.41) is 10.9. The average molecular weight is 430 g/mol. The van der Waals surface area contributed by atoms with E-state index < -0.39 is 0 Å². The summed E-state index contributed by atoms with van der Waals surface area (Å²) >= 11 is 6.56. The van der Waals surface area contributed by atoms with Gasteiger partial charge < -0.3 is 15.5 Å². The van der Waals surface area contributed by atoms with Crippen LogP contribution >= 0.6 is 11.6 Å². The zero-order chi connectivity index (χ0) is 21.0. The van der Waals surface area contributed by atoms with E-state index in [0.717, 1.165) is 36.0 Å². The van der Waals surface area contributed by atoms with Crippen LogP contribution in [0.15, 0.2) is 12.1 Å².